The summed E-state index contributed by atoms with van der Waals surface area (Å²) in [7, 11) is 0. The predicted molar refractivity (Wildman–Crippen MR) is 68.5 cm³/mol. The van der Waals surface area contributed by atoms with Gasteiger partial charge in [-0.2, -0.15) is 0 Å². The Balaban J connectivity index is 2.01. The van der Waals surface area contributed by atoms with E-state index in [9.17, 15) is 9.18 Å². The average molecular weight is 250 g/mol. The number of likely N-dealkylation sites (tertiary alicyclic amines) is 1. The lowest BCUT2D eigenvalue weighted by Crippen LogP contribution is -2.37. The molecule has 1 heterocycles. The van der Waals surface area contributed by atoms with Crippen LogP contribution in [0.25, 0.3) is 0 Å². The maximum atomic E-state index is 13.1. The fraction of sp³-hybridized carbons (Fsp3) is 0.500. The third-order valence-electron chi connectivity index (χ3n) is 3.42. The molecule has 0 spiro atoms. The number of carbonyl (C=O) groups excluding carboxylic acids is 1. The predicted octanol–water partition coefficient (Wildman–Crippen LogP) is 1.71. The molecule has 1 aliphatic rings. The molecule has 1 aromatic rings. The van der Waals surface area contributed by atoms with Crippen molar-refractivity contribution in [2.24, 2.45) is 5.73 Å². The number of hydrogen-bond donors (Lipinski definition) is 1. The van der Waals surface area contributed by atoms with Gasteiger partial charge >= 0.3 is 0 Å². The van der Waals surface area contributed by atoms with Crippen LogP contribution in [-0.4, -0.2) is 29.9 Å². The Morgan fingerprint density at radius 2 is 2.33 bits per heavy atom. The molecule has 0 bridgehead atoms. The van der Waals surface area contributed by atoms with Crippen molar-refractivity contribution in [1.82, 2.24) is 4.90 Å². The minimum Gasteiger partial charge on any atom is -0.339 e. The van der Waals surface area contributed by atoms with Crippen molar-refractivity contribution in [3.05, 3.63) is 35.6 Å². The number of carbonyl (C=O) groups is 1. The van der Waals surface area contributed by atoms with Crippen LogP contribution in [0.1, 0.15) is 24.8 Å². The topological polar surface area (TPSA) is 46.3 Å². The first-order chi connectivity index (χ1) is 8.70. The Morgan fingerprint density at radius 1 is 1.50 bits per heavy atom. The SMILES string of the molecule is NCCC(=O)N1CCC[C@H]1Cc1cccc(F)c1. The van der Waals surface area contributed by atoms with Crippen molar-refractivity contribution < 1.29 is 9.18 Å². The highest BCUT2D eigenvalue weighted by Crippen LogP contribution is 2.22. The number of halogens is 1. The molecule has 1 aromatic carbocycles. The van der Waals surface area contributed by atoms with Crippen LogP contribution in [0.5, 0.6) is 0 Å². The van der Waals surface area contributed by atoms with E-state index in [2.05, 4.69) is 0 Å². The lowest BCUT2D eigenvalue weighted by Gasteiger charge is -2.24. The van der Waals surface area contributed by atoms with Gasteiger partial charge in [0.05, 0.1) is 0 Å². The van der Waals surface area contributed by atoms with E-state index in [4.69, 9.17) is 5.73 Å². The van der Waals surface area contributed by atoms with E-state index in [1.165, 1.54) is 6.07 Å². The molecule has 0 radical (unpaired) electrons. The van der Waals surface area contributed by atoms with E-state index in [-0.39, 0.29) is 17.8 Å². The van der Waals surface area contributed by atoms with Gasteiger partial charge in [-0.05, 0) is 37.0 Å². The molecule has 1 atom stereocenters. The summed E-state index contributed by atoms with van der Waals surface area (Å²) in [5.41, 5.74) is 6.37. The smallest absolute Gasteiger partial charge is 0.224 e. The quantitative estimate of drug-likeness (QED) is 0.884. The Morgan fingerprint density at radius 3 is 3.06 bits per heavy atom. The summed E-state index contributed by atoms with van der Waals surface area (Å²) in [4.78, 5) is 13.8. The number of nitrogens with zero attached hydrogens (tertiary/aromatic N) is 1. The number of nitrogens with two attached hydrogens (primary N) is 1. The number of hydrogen-bond acceptors (Lipinski definition) is 2. The highest BCUT2D eigenvalue weighted by molar-refractivity contribution is 5.77. The summed E-state index contributed by atoms with van der Waals surface area (Å²) in [6.45, 7) is 1.20. The largest absolute Gasteiger partial charge is 0.339 e. The van der Waals surface area contributed by atoms with Crippen molar-refractivity contribution in [1.29, 1.82) is 0 Å². The summed E-state index contributed by atoms with van der Waals surface area (Å²) >= 11 is 0. The van der Waals surface area contributed by atoms with Gasteiger partial charge in [0, 0.05) is 25.6 Å². The second-order valence-electron chi connectivity index (χ2n) is 4.76. The van der Waals surface area contributed by atoms with Gasteiger partial charge < -0.3 is 10.6 Å². The fourth-order valence-corrected chi connectivity index (χ4v) is 2.58. The summed E-state index contributed by atoms with van der Waals surface area (Å²) in [6, 6.07) is 6.81. The van der Waals surface area contributed by atoms with E-state index in [1.807, 2.05) is 11.0 Å². The molecule has 0 saturated carbocycles. The molecule has 0 aromatic heterocycles. The zero-order chi connectivity index (χ0) is 13.0. The molecule has 2 rings (SSSR count). The van der Waals surface area contributed by atoms with Crippen molar-refractivity contribution in [3.63, 3.8) is 0 Å². The molecule has 18 heavy (non-hydrogen) atoms. The minimum absolute atomic E-state index is 0.122. The molecule has 2 N–H and O–H groups in total. The summed E-state index contributed by atoms with van der Waals surface area (Å²) < 4.78 is 13.1. The van der Waals surface area contributed by atoms with Gasteiger partial charge in [-0.1, -0.05) is 12.1 Å². The summed E-state index contributed by atoms with van der Waals surface area (Å²) in [5, 5.41) is 0. The lowest BCUT2D eigenvalue weighted by atomic mass is 10.0. The zero-order valence-corrected chi connectivity index (χ0v) is 10.4. The monoisotopic (exact) mass is 250 g/mol. The average Bonchev–Trinajstić information content (AvgIpc) is 2.77. The van der Waals surface area contributed by atoms with Gasteiger partial charge in [0.2, 0.25) is 5.91 Å². The molecular formula is C14H19FN2O. The van der Waals surface area contributed by atoms with E-state index in [1.54, 1.807) is 12.1 Å². The maximum absolute atomic E-state index is 13.1. The van der Waals surface area contributed by atoms with Crippen LogP contribution in [-0.2, 0) is 11.2 Å². The first-order valence-electron chi connectivity index (χ1n) is 6.44. The standard InChI is InChI=1S/C14H19FN2O/c15-12-4-1-3-11(9-12)10-13-5-2-8-17(13)14(18)6-7-16/h1,3-4,9,13H,2,5-8,10,16H2/t13-/m0/s1. The Kier molecular flexibility index (Phi) is 4.31. The van der Waals surface area contributed by atoms with Crippen LogP contribution in [0.15, 0.2) is 24.3 Å². The normalized spacial score (nSPS) is 19.2. The van der Waals surface area contributed by atoms with Gasteiger partial charge in [-0.3, -0.25) is 4.79 Å². The minimum atomic E-state index is -0.217. The molecule has 4 heteroatoms. The van der Waals surface area contributed by atoms with Gasteiger partial charge in [0.1, 0.15) is 5.82 Å². The molecule has 0 unspecified atom stereocenters. The van der Waals surface area contributed by atoms with Crippen LogP contribution in [0.4, 0.5) is 4.39 Å². The molecule has 98 valence electrons. The van der Waals surface area contributed by atoms with Crippen molar-refractivity contribution in [3.8, 4) is 0 Å². The Hall–Kier alpha value is -1.42. The van der Waals surface area contributed by atoms with Crippen LogP contribution in [0.2, 0.25) is 0 Å². The van der Waals surface area contributed by atoms with Crippen molar-refractivity contribution in [2.45, 2.75) is 31.7 Å². The number of amides is 1. The molecule has 1 aliphatic heterocycles. The molecule has 1 saturated heterocycles. The molecule has 3 nitrogen and oxygen atoms in total. The Labute approximate surface area is 107 Å². The molecule has 1 amide bonds. The van der Waals surface area contributed by atoms with Crippen LogP contribution in [0, 0.1) is 5.82 Å². The highest BCUT2D eigenvalue weighted by atomic mass is 19.1. The second kappa shape index (κ2) is 5.96. The van der Waals surface area contributed by atoms with E-state index in [0.717, 1.165) is 31.4 Å². The molecule has 0 aliphatic carbocycles. The molecular weight excluding hydrogens is 231 g/mol. The highest BCUT2D eigenvalue weighted by Gasteiger charge is 2.28. The number of rotatable bonds is 4. The van der Waals surface area contributed by atoms with E-state index < -0.39 is 0 Å². The summed E-state index contributed by atoms with van der Waals surface area (Å²) in [6.07, 6.45) is 3.15. The second-order valence-corrected chi connectivity index (χ2v) is 4.76. The van der Waals surface area contributed by atoms with Crippen LogP contribution in [0.3, 0.4) is 0 Å². The Bertz CT molecular complexity index is 422. The first kappa shape index (κ1) is 13.0. The van der Waals surface area contributed by atoms with E-state index >= 15 is 0 Å². The number of benzene rings is 1. The van der Waals surface area contributed by atoms with Gasteiger partial charge in [-0.25, -0.2) is 4.39 Å². The maximum Gasteiger partial charge on any atom is 0.224 e. The van der Waals surface area contributed by atoms with Crippen molar-refractivity contribution >= 4 is 5.91 Å². The first-order valence-corrected chi connectivity index (χ1v) is 6.44. The molecule has 1 fully saturated rings. The van der Waals surface area contributed by atoms with Crippen molar-refractivity contribution in [2.75, 3.05) is 13.1 Å². The van der Waals surface area contributed by atoms with Gasteiger partial charge in [0.15, 0.2) is 0 Å². The van der Waals surface area contributed by atoms with Crippen LogP contribution >= 0.6 is 0 Å². The van der Waals surface area contributed by atoms with Crippen LogP contribution < -0.4 is 5.73 Å². The third-order valence-corrected chi connectivity index (χ3v) is 3.42. The summed E-state index contributed by atoms with van der Waals surface area (Å²) in [5.74, 6) is -0.0956. The fourth-order valence-electron chi connectivity index (χ4n) is 2.58. The third kappa shape index (κ3) is 3.07. The zero-order valence-electron chi connectivity index (χ0n) is 10.4. The van der Waals surface area contributed by atoms with Gasteiger partial charge in [0.25, 0.3) is 0 Å². The van der Waals surface area contributed by atoms with Gasteiger partial charge in [-0.15, -0.1) is 0 Å². The lowest BCUT2D eigenvalue weighted by molar-refractivity contribution is -0.131. The van der Waals surface area contributed by atoms with E-state index in [0.29, 0.717) is 13.0 Å².